The number of carbonyl (C=O) groups is 1. The van der Waals surface area contributed by atoms with Crippen LogP contribution in [0.5, 0.6) is 0 Å². The van der Waals surface area contributed by atoms with E-state index in [0.717, 1.165) is 70.2 Å². The molecule has 1 aromatic carbocycles. The minimum Gasteiger partial charge on any atom is -0.370 e. The summed E-state index contributed by atoms with van der Waals surface area (Å²) in [6, 6.07) is 3.55. The van der Waals surface area contributed by atoms with Gasteiger partial charge in [0.05, 0.1) is 29.0 Å². The molecule has 1 saturated carbocycles. The Bertz CT molecular complexity index is 947. The van der Waals surface area contributed by atoms with Crippen LogP contribution in [-0.4, -0.2) is 35.7 Å². The highest BCUT2D eigenvalue weighted by atomic mass is 19.4. The van der Waals surface area contributed by atoms with Crippen molar-refractivity contribution in [3.63, 3.8) is 0 Å². The maximum absolute atomic E-state index is 13.3. The van der Waals surface area contributed by atoms with Crippen LogP contribution >= 0.6 is 0 Å². The molecule has 0 unspecified atom stereocenters. The number of anilines is 2. The van der Waals surface area contributed by atoms with Gasteiger partial charge in [-0.3, -0.25) is 10.1 Å². The maximum atomic E-state index is 13.3. The molecule has 2 heterocycles. The SMILES string of the molecule is Cc1nc(C2(NCC(=O)Nc3cc(C(F)(F)F)ccc3N3CCCCC3)CCCC2)no1. The number of halogens is 3. The number of hydrogen-bond acceptors (Lipinski definition) is 6. The van der Waals surface area contributed by atoms with Gasteiger partial charge in [-0.1, -0.05) is 18.0 Å². The first-order valence-electron chi connectivity index (χ1n) is 11.1. The van der Waals surface area contributed by atoms with Crippen molar-refractivity contribution >= 4 is 17.3 Å². The van der Waals surface area contributed by atoms with Gasteiger partial charge in [0, 0.05) is 20.0 Å². The normalized spacial score (nSPS) is 18.7. The van der Waals surface area contributed by atoms with E-state index in [1.165, 1.54) is 6.07 Å². The van der Waals surface area contributed by atoms with Crippen molar-refractivity contribution in [3.8, 4) is 0 Å². The molecule has 2 N–H and O–H groups in total. The van der Waals surface area contributed by atoms with Gasteiger partial charge >= 0.3 is 6.18 Å². The van der Waals surface area contributed by atoms with E-state index in [1.54, 1.807) is 6.92 Å². The molecule has 174 valence electrons. The van der Waals surface area contributed by atoms with Gasteiger partial charge in [-0.05, 0) is 50.3 Å². The molecule has 32 heavy (non-hydrogen) atoms. The Labute approximate surface area is 184 Å². The Hall–Kier alpha value is -2.62. The zero-order valence-corrected chi connectivity index (χ0v) is 18.1. The Balaban J connectivity index is 1.51. The van der Waals surface area contributed by atoms with Crippen molar-refractivity contribution < 1.29 is 22.5 Å². The Kier molecular flexibility index (Phi) is 6.41. The van der Waals surface area contributed by atoms with Crippen molar-refractivity contribution in [2.75, 3.05) is 29.9 Å². The van der Waals surface area contributed by atoms with Crippen LogP contribution < -0.4 is 15.5 Å². The summed E-state index contributed by atoms with van der Waals surface area (Å²) in [6.45, 7) is 3.16. The highest BCUT2D eigenvalue weighted by Gasteiger charge is 2.40. The summed E-state index contributed by atoms with van der Waals surface area (Å²) in [4.78, 5) is 19.2. The molecule has 2 fully saturated rings. The van der Waals surface area contributed by atoms with Crippen LogP contribution in [0.4, 0.5) is 24.5 Å². The Morgan fingerprint density at radius 3 is 2.50 bits per heavy atom. The van der Waals surface area contributed by atoms with Crippen molar-refractivity contribution in [2.45, 2.75) is 63.6 Å². The van der Waals surface area contributed by atoms with Gasteiger partial charge in [0.2, 0.25) is 11.8 Å². The molecule has 1 aliphatic carbocycles. The summed E-state index contributed by atoms with van der Waals surface area (Å²) in [5, 5.41) is 10.0. The molecule has 10 heteroatoms. The van der Waals surface area contributed by atoms with E-state index < -0.39 is 23.2 Å². The molecule has 1 saturated heterocycles. The lowest BCUT2D eigenvalue weighted by atomic mass is 9.96. The van der Waals surface area contributed by atoms with Crippen molar-refractivity contribution in [1.29, 1.82) is 0 Å². The van der Waals surface area contributed by atoms with E-state index in [4.69, 9.17) is 4.52 Å². The van der Waals surface area contributed by atoms with E-state index in [1.807, 2.05) is 4.90 Å². The summed E-state index contributed by atoms with van der Waals surface area (Å²) < 4.78 is 45.0. The first kappa shape index (κ1) is 22.6. The zero-order valence-electron chi connectivity index (χ0n) is 18.1. The lowest BCUT2D eigenvalue weighted by molar-refractivity contribution is -0.137. The van der Waals surface area contributed by atoms with Gasteiger partial charge in [0.25, 0.3) is 0 Å². The number of benzene rings is 1. The first-order chi connectivity index (χ1) is 15.3. The van der Waals surface area contributed by atoms with Crippen LogP contribution in [0.1, 0.15) is 62.2 Å². The summed E-state index contributed by atoms with van der Waals surface area (Å²) in [5.74, 6) is 0.565. The van der Waals surface area contributed by atoms with Crippen LogP contribution in [-0.2, 0) is 16.5 Å². The lowest BCUT2D eigenvalue weighted by Crippen LogP contribution is -2.45. The molecule has 7 nitrogen and oxygen atoms in total. The summed E-state index contributed by atoms with van der Waals surface area (Å²) in [7, 11) is 0. The van der Waals surface area contributed by atoms with Gasteiger partial charge in [-0.15, -0.1) is 0 Å². The fourth-order valence-corrected chi connectivity index (χ4v) is 4.62. The maximum Gasteiger partial charge on any atom is 0.416 e. The number of nitrogens with zero attached hydrogens (tertiary/aromatic N) is 3. The molecular weight excluding hydrogens is 423 g/mol. The van der Waals surface area contributed by atoms with Gasteiger partial charge < -0.3 is 14.7 Å². The Morgan fingerprint density at radius 1 is 1.16 bits per heavy atom. The number of alkyl halides is 3. The molecule has 2 aliphatic rings. The average Bonchev–Trinajstić information content (AvgIpc) is 3.42. The molecule has 2 aromatic rings. The number of amides is 1. The molecule has 1 aromatic heterocycles. The van der Waals surface area contributed by atoms with Crippen LogP contribution in [0.15, 0.2) is 22.7 Å². The number of aromatic nitrogens is 2. The molecule has 1 amide bonds. The number of rotatable bonds is 6. The number of hydrogen-bond donors (Lipinski definition) is 2. The monoisotopic (exact) mass is 451 g/mol. The van der Waals surface area contributed by atoms with E-state index in [-0.39, 0.29) is 12.2 Å². The van der Waals surface area contributed by atoms with Crippen molar-refractivity contribution in [2.24, 2.45) is 0 Å². The minimum atomic E-state index is -4.48. The molecule has 1 aliphatic heterocycles. The predicted molar refractivity (Wildman–Crippen MR) is 113 cm³/mol. The number of aryl methyl sites for hydroxylation is 1. The second-order valence-electron chi connectivity index (χ2n) is 8.61. The van der Waals surface area contributed by atoms with Crippen molar-refractivity contribution in [3.05, 3.63) is 35.5 Å². The van der Waals surface area contributed by atoms with E-state index >= 15 is 0 Å². The summed E-state index contributed by atoms with van der Waals surface area (Å²) in [5.41, 5.74) is -0.533. The van der Waals surface area contributed by atoms with Gasteiger partial charge in [-0.2, -0.15) is 18.2 Å². The van der Waals surface area contributed by atoms with E-state index in [2.05, 4.69) is 20.8 Å². The van der Waals surface area contributed by atoms with E-state index in [0.29, 0.717) is 17.4 Å². The third-order valence-electron chi connectivity index (χ3n) is 6.29. The van der Waals surface area contributed by atoms with Gasteiger partial charge in [-0.25, -0.2) is 0 Å². The van der Waals surface area contributed by atoms with E-state index in [9.17, 15) is 18.0 Å². The van der Waals surface area contributed by atoms with Crippen LogP contribution in [0, 0.1) is 6.92 Å². The standard InChI is InChI=1S/C22H28F3N5O2/c1-15-27-20(29-32-15)21(9-3-4-10-21)26-14-19(31)28-17-13-16(22(23,24)25)7-8-18(17)30-11-5-2-6-12-30/h7-8,13,26H,2-6,9-12,14H2,1H3,(H,28,31). The summed E-state index contributed by atoms with van der Waals surface area (Å²) >= 11 is 0. The topological polar surface area (TPSA) is 83.3 Å². The smallest absolute Gasteiger partial charge is 0.370 e. The minimum absolute atomic E-state index is 0.0662. The van der Waals surface area contributed by atoms with Gasteiger partial charge in [0.1, 0.15) is 0 Å². The highest BCUT2D eigenvalue weighted by molar-refractivity contribution is 5.96. The fourth-order valence-electron chi connectivity index (χ4n) is 4.62. The molecule has 0 radical (unpaired) electrons. The number of piperidine rings is 1. The fraction of sp³-hybridized carbons (Fsp3) is 0.591. The van der Waals surface area contributed by atoms with Crippen LogP contribution in [0.25, 0.3) is 0 Å². The van der Waals surface area contributed by atoms with Crippen molar-refractivity contribution in [1.82, 2.24) is 15.5 Å². The predicted octanol–water partition coefficient (Wildman–Crippen LogP) is 4.38. The van der Waals surface area contributed by atoms with Crippen LogP contribution in [0.2, 0.25) is 0 Å². The first-order valence-corrected chi connectivity index (χ1v) is 11.1. The Morgan fingerprint density at radius 2 is 1.88 bits per heavy atom. The summed E-state index contributed by atoms with van der Waals surface area (Å²) in [6.07, 6.45) is 2.03. The molecular formula is C22H28F3N5O2. The van der Waals surface area contributed by atoms with Crippen LogP contribution in [0.3, 0.4) is 0 Å². The zero-order chi connectivity index (χ0) is 22.8. The number of nitrogens with one attached hydrogen (secondary N) is 2. The molecule has 4 rings (SSSR count). The lowest BCUT2D eigenvalue weighted by Gasteiger charge is -2.31. The second-order valence-corrected chi connectivity index (χ2v) is 8.61. The molecule has 0 spiro atoms. The third-order valence-corrected chi connectivity index (χ3v) is 6.29. The average molecular weight is 451 g/mol. The largest absolute Gasteiger partial charge is 0.416 e. The van der Waals surface area contributed by atoms with Gasteiger partial charge in [0.15, 0.2) is 5.82 Å². The third kappa shape index (κ3) is 4.90. The molecule has 0 atom stereocenters. The number of carbonyl (C=O) groups excluding carboxylic acids is 1. The highest BCUT2D eigenvalue weighted by Crippen LogP contribution is 2.38. The quantitative estimate of drug-likeness (QED) is 0.678. The second kappa shape index (κ2) is 9.09. The molecule has 0 bridgehead atoms.